The molecule has 0 atom stereocenters. The lowest BCUT2D eigenvalue weighted by Gasteiger charge is -2.35. The summed E-state index contributed by atoms with van der Waals surface area (Å²) >= 11 is 0. The summed E-state index contributed by atoms with van der Waals surface area (Å²) in [4.78, 5) is 2.55. The molecule has 2 aromatic rings. The van der Waals surface area contributed by atoms with E-state index in [-0.39, 0.29) is 0 Å². The van der Waals surface area contributed by atoms with Crippen LogP contribution in [0.25, 0.3) is 0 Å². The highest BCUT2D eigenvalue weighted by molar-refractivity contribution is 7.89. The first-order chi connectivity index (χ1) is 12.6. The lowest BCUT2D eigenvalue weighted by Crippen LogP contribution is -2.48. The summed E-state index contributed by atoms with van der Waals surface area (Å²) in [6.45, 7) is 4.35. The van der Waals surface area contributed by atoms with Crippen molar-refractivity contribution < 1.29 is 13.2 Å². The van der Waals surface area contributed by atoms with E-state index in [9.17, 15) is 8.42 Å². The van der Waals surface area contributed by atoms with Crippen LogP contribution in [-0.2, 0) is 16.4 Å². The monoisotopic (exact) mass is 374 g/mol. The Morgan fingerprint density at radius 1 is 0.962 bits per heavy atom. The molecule has 1 saturated heterocycles. The van der Waals surface area contributed by atoms with Crippen LogP contribution >= 0.6 is 0 Å². The predicted octanol–water partition coefficient (Wildman–Crippen LogP) is 3.16. The number of rotatable bonds is 6. The van der Waals surface area contributed by atoms with Gasteiger partial charge >= 0.3 is 0 Å². The molecule has 0 bridgehead atoms. The zero-order valence-corrected chi connectivity index (χ0v) is 16.2. The summed E-state index contributed by atoms with van der Waals surface area (Å²) in [5, 5.41) is 0. The van der Waals surface area contributed by atoms with Crippen molar-refractivity contribution in [3.63, 3.8) is 0 Å². The number of hydrogen-bond donors (Lipinski definition) is 0. The van der Waals surface area contributed by atoms with Crippen molar-refractivity contribution in [2.45, 2.75) is 24.7 Å². The van der Waals surface area contributed by atoms with Gasteiger partial charge in [-0.1, -0.05) is 37.6 Å². The summed E-state index contributed by atoms with van der Waals surface area (Å²) in [6, 6.07) is 15.1. The number of piperazine rings is 1. The van der Waals surface area contributed by atoms with E-state index >= 15 is 0 Å². The molecule has 2 aromatic carbocycles. The molecule has 0 aromatic heterocycles. The van der Waals surface area contributed by atoms with Crippen molar-refractivity contribution in [2.75, 3.05) is 38.2 Å². The molecule has 0 amide bonds. The molecule has 0 aliphatic carbocycles. The van der Waals surface area contributed by atoms with Crippen LogP contribution in [0.1, 0.15) is 18.9 Å². The number of aryl methyl sites for hydroxylation is 1. The summed E-state index contributed by atoms with van der Waals surface area (Å²) in [5.74, 6) is 0.815. The Kier molecular flexibility index (Phi) is 5.84. The quantitative estimate of drug-likeness (QED) is 0.779. The standard InChI is InChI=1S/C20H26N2O3S/c1-3-6-17-9-11-18(12-10-17)26(23,24)22-15-13-21(14-16-22)19-7-4-5-8-20(19)25-2/h4-5,7-12H,3,6,13-16H2,1-2H3. The maximum atomic E-state index is 12.9. The fourth-order valence-electron chi connectivity index (χ4n) is 3.33. The molecule has 1 aliphatic heterocycles. The lowest BCUT2D eigenvalue weighted by atomic mass is 10.1. The normalized spacial score (nSPS) is 15.8. The summed E-state index contributed by atoms with van der Waals surface area (Å²) in [5.41, 5.74) is 2.18. The molecule has 1 heterocycles. The minimum atomic E-state index is -3.44. The molecule has 3 rings (SSSR count). The fourth-order valence-corrected chi connectivity index (χ4v) is 4.75. The Labute approximate surface area is 156 Å². The first kappa shape index (κ1) is 18.7. The number of ether oxygens (including phenoxy) is 1. The molecule has 0 unspecified atom stereocenters. The largest absolute Gasteiger partial charge is 0.495 e. The number of methoxy groups -OCH3 is 1. The Hall–Kier alpha value is -2.05. The molecular formula is C20H26N2O3S. The van der Waals surface area contributed by atoms with Crippen LogP contribution in [0, 0.1) is 0 Å². The third-order valence-electron chi connectivity index (χ3n) is 4.76. The second-order valence-electron chi connectivity index (χ2n) is 6.46. The van der Waals surface area contributed by atoms with Crippen LogP contribution in [-0.4, -0.2) is 46.0 Å². The van der Waals surface area contributed by atoms with Gasteiger partial charge in [0.25, 0.3) is 0 Å². The van der Waals surface area contributed by atoms with Crippen molar-refractivity contribution >= 4 is 15.7 Å². The molecule has 5 nitrogen and oxygen atoms in total. The number of sulfonamides is 1. The van der Waals surface area contributed by atoms with E-state index in [1.54, 1.807) is 23.5 Å². The molecule has 1 aliphatic rings. The van der Waals surface area contributed by atoms with Crippen molar-refractivity contribution in [3.05, 3.63) is 54.1 Å². The number of nitrogens with zero attached hydrogens (tertiary/aromatic N) is 2. The molecule has 0 N–H and O–H groups in total. The highest BCUT2D eigenvalue weighted by Gasteiger charge is 2.29. The Balaban J connectivity index is 1.70. The molecule has 1 fully saturated rings. The molecule has 0 radical (unpaired) electrons. The average molecular weight is 375 g/mol. The van der Waals surface area contributed by atoms with E-state index in [1.807, 2.05) is 36.4 Å². The van der Waals surface area contributed by atoms with Gasteiger partial charge in [-0.3, -0.25) is 0 Å². The lowest BCUT2D eigenvalue weighted by molar-refractivity contribution is 0.378. The van der Waals surface area contributed by atoms with E-state index in [1.165, 1.54) is 5.56 Å². The molecular weight excluding hydrogens is 348 g/mol. The maximum absolute atomic E-state index is 12.9. The van der Waals surface area contributed by atoms with Crippen LogP contribution in [0.4, 0.5) is 5.69 Å². The van der Waals surface area contributed by atoms with Gasteiger partial charge in [0.05, 0.1) is 17.7 Å². The van der Waals surface area contributed by atoms with Crippen molar-refractivity contribution in [1.82, 2.24) is 4.31 Å². The van der Waals surface area contributed by atoms with Gasteiger partial charge in [-0.2, -0.15) is 4.31 Å². The van der Waals surface area contributed by atoms with Crippen molar-refractivity contribution in [3.8, 4) is 5.75 Å². The van der Waals surface area contributed by atoms with Crippen LogP contribution in [0.3, 0.4) is 0 Å². The van der Waals surface area contributed by atoms with Gasteiger partial charge in [0.1, 0.15) is 5.75 Å². The highest BCUT2D eigenvalue weighted by Crippen LogP contribution is 2.29. The SMILES string of the molecule is CCCc1ccc(S(=O)(=O)N2CCN(c3ccccc3OC)CC2)cc1. The number of para-hydroxylation sites is 2. The van der Waals surface area contributed by atoms with Gasteiger partial charge < -0.3 is 9.64 Å². The highest BCUT2D eigenvalue weighted by atomic mass is 32.2. The molecule has 26 heavy (non-hydrogen) atoms. The molecule has 0 saturated carbocycles. The van der Waals surface area contributed by atoms with Crippen LogP contribution < -0.4 is 9.64 Å². The van der Waals surface area contributed by atoms with Gasteiger partial charge in [0.15, 0.2) is 0 Å². The molecule has 6 heteroatoms. The summed E-state index contributed by atoms with van der Waals surface area (Å²) in [6.07, 6.45) is 2.02. The van der Waals surface area contributed by atoms with E-state index in [0.29, 0.717) is 31.1 Å². The topological polar surface area (TPSA) is 49.9 Å². The fraction of sp³-hybridized carbons (Fsp3) is 0.400. The third-order valence-corrected chi connectivity index (χ3v) is 6.68. The van der Waals surface area contributed by atoms with Crippen molar-refractivity contribution in [2.24, 2.45) is 0 Å². The van der Waals surface area contributed by atoms with E-state index in [0.717, 1.165) is 24.3 Å². The number of anilines is 1. The van der Waals surface area contributed by atoms with Crippen LogP contribution in [0.15, 0.2) is 53.4 Å². The minimum Gasteiger partial charge on any atom is -0.495 e. The third kappa shape index (κ3) is 3.86. The number of hydrogen-bond acceptors (Lipinski definition) is 4. The van der Waals surface area contributed by atoms with E-state index in [4.69, 9.17) is 4.74 Å². The Morgan fingerprint density at radius 3 is 2.23 bits per heavy atom. The van der Waals surface area contributed by atoms with Crippen LogP contribution in [0.5, 0.6) is 5.75 Å². The Morgan fingerprint density at radius 2 is 1.62 bits per heavy atom. The van der Waals surface area contributed by atoms with Gasteiger partial charge in [0, 0.05) is 26.2 Å². The summed E-state index contributed by atoms with van der Waals surface area (Å²) < 4.78 is 32.8. The number of benzene rings is 2. The second-order valence-corrected chi connectivity index (χ2v) is 8.39. The predicted molar refractivity (Wildman–Crippen MR) is 104 cm³/mol. The zero-order chi connectivity index (χ0) is 18.6. The zero-order valence-electron chi connectivity index (χ0n) is 15.4. The van der Waals surface area contributed by atoms with Gasteiger partial charge in [-0.05, 0) is 36.2 Å². The first-order valence-electron chi connectivity index (χ1n) is 9.03. The summed E-state index contributed by atoms with van der Waals surface area (Å²) in [7, 11) is -1.79. The first-order valence-corrected chi connectivity index (χ1v) is 10.5. The Bertz CT molecular complexity index is 826. The van der Waals surface area contributed by atoms with Crippen molar-refractivity contribution in [1.29, 1.82) is 0 Å². The second kappa shape index (κ2) is 8.10. The van der Waals surface area contributed by atoms with Gasteiger partial charge in [-0.25, -0.2) is 8.42 Å². The van der Waals surface area contributed by atoms with Gasteiger partial charge in [-0.15, -0.1) is 0 Å². The minimum absolute atomic E-state index is 0.378. The smallest absolute Gasteiger partial charge is 0.243 e. The van der Waals surface area contributed by atoms with Gasteiger partial charge in [0.2, 0.25) is 10.0 Å². The van der Waals surface area contributed by atoms with Crippen LogP contribution in [0.2, 0.25) is 0 Å². The van der Waals surface area contributed by atoms with E-state index in [2.05, 4.69) is 11.8 Å². The maximum Gasteiger partial charge on any atom is 0.243 e. The van der Waals surface area contributed by atoms with E-state index < -0.39 is 10.0 Å². The average Bonchev–Trinajstić information content (AvgIpc) is 2.69. The molecule has 0 spiro atoms. The molecule has 140 valence electrons.